The van der Waals surface area contributed by atoms with Crippen molar-refractivity contribution in [3.63, 3.8) is 0 Å². The second-order valence-electron chi connectivity index (χ2n) is 5.95. The molecule has 1 N–H and O–H groups in total. The van der Waals surface area contributed by atoms with Gasteiger partial charge in [0.15, 0.2) is 5.17 Å². The van der Waals surface area contributed by atoms with Crippen molar-refractivity contribution in [2.45, 2.75) is 6.92 Å². The molecule has 7 heteroatoms. The Morgan fingerprint density at radius 3 is 2.52 bits per heavy atom. The molecule has 0 atom stereocenters. The highest BCUT2D eigenvalue weighted by atomic mass is 32.2. The Bertz CT molecular complexity index is 964. The number of carbonyl (C=O) groups is 2. The van der Waals surface area contributed by atoms with Crippen LogP contribution in [-0.2, 0) is 4.79 Å². The first-order valence-corrected chi connectivity index (χ1v) is 8.95. The van der Waals surface area contributed by atoms with Crippen LogP contribution in [0.5, 0.6) is 5.75 Å². The number of hydrogen-bond donors (Lipinski definition) is 1. The molecule has 1 saturated heterocycles. The van der Waals surface area contributed by atoms with Gasteiger partial charge in [-0.05, 0) is 72.3 Å². The average Bonchev–Trinajstić information content (AvgIpc) is 2.90. The number of ether oxygens (including phenoxy) is 1. The van der Waals surface area contributed by atoms with E-state index >= 15 is 0 Å². The first-order valence-electron chi connectivity index (χ1n) is 8.13. The van der Waals surface area contributed by atoms with Gasteiger partial charge in [-0.1, -0.05) is 6.07 Å². The van der Waals surface area contributed by atoms with Crippen molar-refractivity contribution >= 4 is 40.6 Å². The maximum absolute atomic E-state index is 12.5. The zero-order chi connectivity index (χ0) is 19.6. The number of rotatable bonds is 4. The minimum Gasteiger partial charge on any atom is -0.496 e. The first kappa shape index (κ1) is 18.7. The molecule has 2 aromatic rings. The van der Waals surface area contributed by atoms with Crippen molar-refractivity contribution in [1.82, 2.24) is 4.90 Å². The quantitative estimate of drug-likeness (QED) is 0.811. The third kappa shape index (κ3) is 4.03. The molecule has 0 unspecified atom stereocenters. The summed E-state index contributed by atoms with van der Waals surface area (Å²) in [5.41, 5.74) is 2.68. The number of hydrogen-bond acceptors (Lipinski definition) is 5. The van der Waals surface area contributed by atoms with Gasteiger partial charge in [0.25, 0.3) is 5.91 Å². The van der Waals surface area contributed by atoms with Gasteiger partial charge in [0.05, 0.1) is 23.3 Å². The number of carbonyl (C=O) groups excluding carboxylic acids is 1. The number of aromatic carboxylic acids is 1. The van der Waals surface area contributed by atoms with E-state index in [4.69, 9.17) is 9.84 Å². The van der Waals surface area contributed by atoms with Crippen molar-refractivity contribution in [3.05, 3.63) is 64.1 Å². The number of benzene rings is 2. The number of thioether (sulfide) groups is 1. The van der Waals surface area contributed by atoms with Crippen LogP contribution in [0.15, 0.2) is 52.4 Å². The van der Waals surface area contributed by atoms with E-state index in [2.05, 4.69) is 4.99 Å². The van der Waals surface area contributed by atoms with Crippen LogP contribution in [0.3, 0.4) is 0 Å². The monoisotopic (exact) mass is 382 g/mol. The standard InChI is InChI=1S/C20H18N2O4S/c1-12-10-13(4-9-16(12)26-3)11-17-18(23)22(2)20(27-17)21-15-7-5-14(6-8-15)19(24)25/h4-11H,1-3H3,(H,24,25). The number of nitrogens with zero attached hydrogens (tertiary/aromatic N) is 2. The normalized spacial score (nSPS) is 17.0. The number of amides is 1. The summed E-state index contributed by atoms with van der Waals surface area (Å²) in [5, 5.41) is 9.50. The van der Waals surface area contributed by atoms with E-state index in [-0.39, 0.29) is 11.5 Å². The lowest BCUT2D eigenvalue weighted by Crippen LogP contribution is -2.23. The highest BCUT2D eigenvalue weighted by molar-refractivity contribution is 8.18. The maximum atomic E-state index is 12.5. The molecule has 0 aliphatic carbocycles. The summed E-state index contributed by atoms with van der Waals surface area (Å²) < 4.78 is 5.26. The molecule has 1 heterocycles. The van der Waals surface area contributed by atoms with Gasteiger partial charge in [0.2, 0.25) is 0 Å². The lowest BCUT2D eigenvalue weighted by atomic mass is 10.1. The molecular formula is C20H18N2O4S. The van der Waals surface area contributed by atoms with Crippen molar-refractivity contribution in [1.29, 1.82) is 0 Å². The molecule has 0 radical (unpaired) electrons. The Balaban J connectivity index is 1.85. The summed E-state index contributed by atoms with van der Waals surface area (Å²) in [4.78, 5) is 30.0. The van der Waals surface area contributed by atoms with E-state index in [9.17, 15) is 9.59 Å². The number of aryl methyl sites for hydroxylation is 1. The Morgan fingerprint density at radius 1 is 1.22 bits per heavy atom. The second-order valence-corrected chi connectivity index (χ2v) is 6.96. The third-order valence-electron chi connectivity index (χ3n) is 4.06. The lowest BCUT2D eigenvalue weighted by Gasteiger charge is -2.07. The first-order chi connectivity index (χ1) is 12.9. The fourth-order valence-corrected chi connectivity index (χ4v) is 3.57. The van der Waals surface area contributed by atoms with Crippen LogP contribution in [0.4, 0.5) is 5.69 Å². The fraction of sp³-hybridized carbons (Fsp3) is 0.150. The van der Waals surface area contributed by atoms with E-state index in [0.29, 0.717) is 15.8 Å². The second kappa shape index (κ2) is 7.67. The summed E-state index contributed by atoms with van der Waals surface area (Å²) in [7, 11) is 3.29. The predicted molar refractivity (Wildman–Crippen MR) is 107 cm³/mol. The van der Waals surface area contributed by atoms with Gasteiger partial charge >= 0.3 is 5.97 Å². The number of methoxy groups -OCH3 is 1. The van der Waals surface area contributed by atoms with Crippen molar-refractivity contribution < 1.29 is 19.4 Å². The fourth-order valence-electron chi connectivity index (χ4n) is 2.58. The number of amidine groups is 1. The van der Waals surface area contributed by atoms with E-state index < -0.39 is 5.97 Å². The predicted octanol–water partition coefficient (Wildman–Crippen LogP) is 3.94. The summed E-state index contributed by atoms with van der Waals surface area (Å²) in [6.45, 7) is 1.95. The zero-order valence-electron chi connectivity index (χ0n) is 15.1. The molecule has 0 saturated carbocycles. The highest BCUT2D eigenvalue weighted by Gasteiger charge is 2.30. The summed E-state index contributed by atoms with van der Waals surface area (Å²) in [6.07, 6.45) is 1.83. The van der Waals surface area contributed by atoms with Crippen LogP contribution < -0.4 is 4.74 Å². The molecule has 27 heavy (non-hydrogen) atoms. The van der Waals surface area contributed by atoms with Gasteiger partial charge in [-0.15, -0.1) is 0 Å². The van der Waals surface area contributed by atoms with Crippen LogP contribution in [0.1, 0.15) is 21.5 Å². The minimum atomic E-state index is -0.989. The lowest BCUT2D eigenvalue weighted by molar-refractivity contribution is -0.121. The van der Waals surface area contributed by atoms with Crippen LogP contribution in [0.25, 0.3) is 6.08 Å². The maximum Gasteiger partial charge on any atom is 0.335 e. The molecule has 1 fully saturated rings. The van der Waals surface area contributed by atoms with Crippen molar-refractivity contribution in [3.8, 4) is 5.75 Å². The SMILES string of the molecule is COc1ccc(C=C2SC(=Nc3ccc(C(=O)O)cc3)N(C)C2=O)cc1C. The molecule has 0 spiro atoms. The zero-order valence-corrected chi connectivity index (χ0v) is 15.9. The molecular weight excluding hydrogens is 364 g/mol. The molecule has 138 valence electrons. The molecule has 1 aliphatic rings. The van der Waals surface area contributed by atoms with E-state index in [1.807, 2.05) is 31.2 Å². The molecule has 3 rings (SSSR count). The molecule has 2 aromatic carbocycles. The van der Waals surface area contributed by atoms with Gasteiger partial charge in [0, 0.05) is 7.05 Å². The molecule has 1 amide bonds. The third-order valence-corrected chi connectivity index (χ3v) is 5.12. The highest BCUT2D eigenvalue weighted by Crippen LogP contribution is 2.33. The number of aliphatic imine (C=N–C) groups is 1. The van der Waals surface area contributed by atoms with Gasteiger partial charge in [-0.2, -0.15) is 0 Å². The number of carboxylic acids is 1. The molecule has 0 aromatic heterocycles. The van der Waals surface area contributed by atoms with Crippen LogP contribution in [0.2, 0.25) is 0 Å². The Labute approximate surface area is 161 Å². The van der Waals surface area contributed by atoms with Crippen LogP contribution in [-0.4, -0.2) is 41.2 Å². The Hall–Kier alpha value is -3.06. The topological polar surface area (TPSA) is 79.2 Å². The van der Waals surface area contributed by atoms with Gasteiger partial charge in [-0.3, -0.25) is 9.69 Å². The summed E-state index contributed by atoms with van der Waals surface area (Å²) in [5.74, 6) is -0.321. The Morgan fingerprint density at radius 2 is 1.93 bits per heavy atom. The van der Waals surface area contributed by atoms with Crippen LogP contribution >= 0.6 is 11.8 Å². The molecule has 6 nitrogen and oxygen atoms in total. The van der Waals surface area contributed by atoms with Gasteiger partial charge < -0.3 is 9.84 Å². The van der Waals surface area contributed by atoms with E-state index in [0.717, 1.165) is 16.9 Å². The largest absolute Gasteiger partial charge is 0.496 e. The average molecular weight is 382 g/mol. The molecule has 1 aliphatic heterocycles. The number of likely N-dealkylation sites (N-methyl/N-ethyl adjacent to an activating group) is 1. The van der Waals surface area contributed by atoms with Crippen molar-refractivity contribution in [2.75, 3.05) is 14.2 Å². The Kier molecular flexibility index (Phi) is 5.32. The van der Waals surface area contributed by atoms with Gasteiger partial charge in [-0.25, -0.2) is 9.79 Å². The summed E-state index contributed by atoms with van der Waals surface area (Å²) >= 11 is 1.28. The number of carboxylic acid groups (broad SMARTS) is 1. The minimum absolute atomic E-state index is 0.130. The van der Waals surface area contributed by atoms with Gasteiger partial charge in [0.1, 0.15) is 5.75 Å². The summed E-state index contributed by atoms with van der Waals surface area (Å²) in [6, 6.07) is 11.9. The van der Waals surface area contributed by atoms with Crippen LogP contribution in [0, 0.1) is 6.92 Å². The molecule has 0 bridgehead atoms. The van der Waals surface area contributed by atoms with Crippen molar-refractivity contribution in [2.24, 2.45) is 4.99 Å². The smallest absolute Gasteiger partial charge is 0.335 e. The van der Waals surface area contributed by atoms with E-state index in [1.165, 1.54) is 28.8 Å². The van der Waals surface area contributed by atoms with E-state index in [1.54, 1.807) is 26.3 Å².